The summed E-state index contributed by atoms with van der Waals surface area (Å²) in [6.45, 7) is 1.88. The molecule has 9 heteroatoms. The lowest BCUT2D eigenvalue weighted by Gasteiger charge is -2.17. The van der Waals surface area contributed by atoms with E-state index in [-0.39, 0.29) is 15.5 Å². The van der Waals surface area contributed by atoms with E-state index in [0.29, 0.717) is 23.4 Å². The fourth-order valence-electron chi connectivity index (χ4n) is 3.26. The molecule has 2 N–H and O–H groups in total. The van der Waals surface area contributed by atoms with Gasteiger partial charge in [-0.25, -0.2) is 8.42 Å². The van der Waals surface area contributed by atoms with Gasteiger partial charge in [0.05, 0.1) is 17.3 Å². The zero-order valence-corrected chi connectivity index (χ0v) is 18.3. The Morgan fingerprint density at radius 3 is 2.67 bits per heavy atom. The standard InChI is InChI=1S/C21H17N3O3S3/c1-13-9-17-18(23-21(28)27-13)10-16(15-6-4-14(12-22)5-7-15)11-19(17)24-30(25,26)20-3-2-8-29-20/h2-8,10-11,13,24H,9H2,1H3,(H,23,28). The molecule has 0 spiro atoms. The molecular formula is C21H17N3O3S3. The summed E-state index contributed by atoms with van der Waals surface area (Å²) in [5.74, 6) is 0. The molecular weight excluding hydrogens is 438 g/mol. The van der Waals surface area contributed by atoms with Crippen LogP contribution in [-0.2, 0) is 21.2 Å². The molecule has 0 aliphatic carbocycles. The second kappa shape index (κ2) is 8.07. The van der Waals surface area contributed by atoms with E-state index < -0.39 is 10.0 Å². The summed E-state index contributed by atoms with van der Waals surface area (Å²) >= 11 is 6.40. The molecule has 1 aliphatic heterocycles. The average molecular weight is 456 g/mol. The van der Waals surface area contributed by atoms with Crippen molar-refractivity contribution in [1.29, 1.82) is 5.26 Å². The molecule has 6 nitrogen and oxygen atoms in total. The molecule has 0 saturated heterocycles. The van der Waals surface area contributed by atoms with E-state index in [1.165, 1.54) is 0 Å². The maximum atomic E-state index is 12.9. The highest BCUT2D eigenvalue weighted by molar-refractivity contribution is 7.94. The van der Waals surface area contributed by atoms with Crippen molar-refractivity contribution in [3.8, 4) is 17.2 Å². The molecule has 1 atom stereocenters. The van der Waals surface area contributed by atoms with E-state index in [0.717, 1.165) is 28.0 Å². The third kappa shape index (κ3) is 4.16. The SMILES string of the molecule is CC1Cc2c(cc(-c3ccc(C#N)cc3)cc2NS(=O)(=O)c2cccs2)NC(=S)O1. The normalized spacial score (nSPS) is 15.9. The first-order chi connectivity index (χ1) is 14.4. The van der Waals surface area contributed by atoms with E-state index in [1.807, 2.05) is 25.1 Å². The minimum Gasteiger partial charge on any atom is -0.467 e. The number of hydrogen-bond acceptors (Lipinski definition) is 6. The number of ether oxygens (including phenoxy) is 1. The van der Waals surface area contributed by atoms with Gasteiger partial charge in [0.1, 0.15) is 10.3 Å². The lowest BCUT2D eigenvalue weighted by atomic mass is 9.97. The molecule has 0 bridgehead atoms. The third-order valence-electron chi connectivity index (χ3n) is 4.64. The number of nitrogens with zero attached hydrogens (tertiary/aromatic N) is 1. The number of nitrogens with one attached hydrogen (secondary N) is 2. The molecule has 0 fully saturated rings. The van der Waals surface area contributed by atoms with Crippen LogP contribution in [0.3, 0.4) is 0 Å². The first-order valence-corrected chi connectivity index (χ1v) is 11.8. The molecule has 0 saturated carbocycles. The van der Waals surface area contributed by atoms with E-state index in [4.69, 9.17) is 22.2 Å². The van der Waals surface area contributed by atoms with Crippen LogP contribution in [0.25, 0.3) is 11.1 Å². The summed E-state index contributed by atoms with van der Waals surface area (Å²) in [4.78, 5) is 0. The second-order valence-electron chi connectivity index (χ2n) is 6.82. The van der Waals surface area contributed by atoms with Crippen molar-refractivity contribution in [1.82, 2.24) is 0 Å². The van der Waals surface area contributed by atoms with Crippen LogP contribution in [-0.4, -0.2) is 19.7 Å². The van der Waals surface area contributed by atoms with Gasteiger partial charge in [0, 0.05) is 17.7 Å². The minimum absolute atomic E-state index is 0.211. The summed E-state index contributed by atoms with van der Waals surface area (Å²) in [5.41, 5.74) is 4.11. The topological polar surface area (TPSA) is 91.2 Å². The van der Waals surface area contributed by atoms with E-state index in [1.54, 1.807) is 35.7 Å². The maximum absolute atomic E-state index is 12.9. The highest BCUT2D eigenvalue weighted by Crippen LogP contribution is 2.36. The van der Waals surface area contributed by atoms with Crippen LogP contribution in [0.1, 0.15) is 18.1 Å². The first kappa shape index (κ1) is 20.3. The van der Waals surface area contributed by atoms with Crippen LogP contribution in [0.15, 0.2) is 58.1 Å². The summed E-state index contributed by atoms with van der Waals surface area (Å²) in [6.07, 6.45) is 0.273. The summed E-state index contributed by atoms with van der Waals surface area (Å²) in [6, 6.07) is 16.2. The quantitative estimate of drug-likeness (QED) is 0.552. The van der Waals surface area contributed by atoms with Gasteiger partial charge in [-0.1, -0.05) is 18.2 Å². The van der Waals surface area contributed by atoms with Crippen molar-refractivity contribution in [2.75, 3.05) is 10.0 Å². The third-order valence-corrected chi connectivity index (χ3v) is 7.60. The Kier molecular flexibility index (Phi) is 5.47. The number of fused-ring (bicyclic) bond motifs is 1. The molecule has 2 heterocycles. The van der Waals surface area contributed by atoms with Crippen LogP contribution in [0, 0.1) is 11.3 Å². The summed E-state index contributed by atoms with van der Waals surface area (Å²) in [7, 11) is -3.73. The van der Waals surface area contributed by atoms with Crippen LogP contribution >= 0.6 is 23.6 Å². The zero-order chi connectivity index (χ0) is 21.3. The highest BCUT2D eigenvalue weighted by atomic mass is 32.2. The Hall–Kier alpha value is -2.93. The predicted octanol–water partition coefficient (Wildman–Crippen LogP) is 4.75. The lowest BCUT2D eigenvalue weighted by molar-refractivity contribution is 0.217. The summed E-state index contributed by atoms with van der Waals surface area (Å²) < 4.78 is 34.4. The van der Waals surface area contributed by atoms with Gasteiger partial charge in [0.25, 0.3) is 15.2 Å². The zero-order valence-electron chi connectivity index (χ0n) is 15.9. The van der Waals surface area contributed by atoms with Crippen molar-refractivity contribution in [2.45, 2.75) is 23.7 Å². The molecule has 4 rings (SSSR count). The number of thiophene rings is 1. The molecule has 0 radical (unpaired) electrons. The Bertz CT molecular complexity index is 1250. The van der Waals surface area contributed by atoms with Gasteiger partial charge in [0.15, 0.2) is 0 Å². The van der Waals surface area contributed by atoms with Crippen molar-refractivity contribution in [3.05, 3.63) is 65.0 Å². The molecule has 0 amide bonds. The molecule has 1 aromatic heterocycles. The molecule has 152 valence electrons. The smallest absolute Gasteiger partial charge is 0.271 e. The van der Waals surface area contributed by atoms with Crippen molar-refractivity contribution >= 4 is 50.1 Å². The van der Waals surface area contributed by atoms with Gasteiger partial charge >= 0.3 is 0 Å². The van der Waals surface area contributed by atoms with E-state index in [9.17, 15) is 8.42 Å². The molecule has 3 aromatic rings. The number of thiocarbonyl (C=S) groups is 1. The van der Waals surface area contributed by atoms with Gasteiger partial charge in [-0.05, 0) is 66.0 Å². The number of anilines is 2. The molecule has 30 heavy (non-hydrogen) atoms. The van der Waals surface area contributed by atoms with Crippen molar-refractivity contribution in [3.63, 3.8) is 0 Å². The largest absolute Gasteiger partial charge is 0.467 e. The molecule has 1 unspecified atom stereocenters. The van der Waals surface area contributed by atoms with E-state index in [2.05, 4.69) is 16.1 Å². The van der Waals surface area contributed by atoms with Gasteiger partial charge in [0.2, 0.25) is 0 Å². The van der Waals surface area contributed by atoms with Gasteiger partial charge in [-0.2, -0.15) is 5.26 Å². The minimum atomic E-state index is -3.73. The van der Waals surface area contributed by atoms with Gasteiger partial charge in [-0.3, -0.25) is 4.72 Å². The Labute approximate surface area is 184 Å². The number of rotatable bonds is 4. The first-order valence-electron chi connectivity index (χ1n) is 9.07. The van der Waals surface area contributed by atoms with E-state index >= 15 is 0 Å². The fourth-order valence-corrected chi connectivity index (χ4v) is 5.61. The number of nitriles is 1. The molecule has 1 aliphatic rings. The average Bonchev–Trinajstić information content (AvgIpc) is 3.21. The predicted molar refractivity (Wildman–Crippen MR) is 122 cm³/mol. The Balaban J connectivity index is 1.85. The Morgan fingerprint density at radius 1 is 1.23 bits per heavy atom. The van der Waals surface area contributed by atoms with Gasteiger partial charge in [-0.15, -0.1) is 11.3 Å². The van der Waals surface area contributed by atoms with Crippen LogP contribution < -0.4 is 10.0 Å². The van der Waals surface area contributed by atoms with Gasteiger partial charge < -0.3 is 10.1 Å². The number of sulfonamides is 1. The second-order valence-corrected chi connectivity index (χ2v) is 10.0. The van der Waals surface area contributed by atoms with Crippen molar-refractivity contribution in [2.24, 2.45) is 0 Å². The summed E-state index contributed by atoms with van der Waals surface area (Å²) in [5, 5.41) is 14.1. The van der Waals surface area contributed by atoms with Crippen LogP contribution in [0.4, 0.5) is 11.4 Å². The monoisotopic (exact) mass is 455 g/mol. The maximum Gasteiger partial charge on any atom is 0.271 e. The number of hydrogen-bond donors (Lipinski definition) is 2. The lowest BCUT2D eigenvalue weighted by Crippen LogP contribution is -2.17. The number of benzene rings is 2. The van der Waals surface area contributed by atoms with Crippen LogP contribution in [0.2, 0.25) is 0 Å². The van der Waals surface area contributed by atoms with Crippen LogP contribution in [0.5, 0.6) is 0 Å². The Morgan fingerprint density at radius 2 is 2.00 bits per heavy atom. The highest BCUT2D eigenvalue weighted by Gasteiger charge is 2.24. The molecule has 2 aromatic carbocycles. The fraction of sp³-hybridized carbons (Fsp3) is 0.143. The van der Waals surface area contributed by atoms with Crippen molar-refractivity contribution < 1.29 is 13.2 Å².